The fourth-order valence-corrected chi connectivity index (χ4v) is 4.02. The predicted molar refractivity (Wildman–Crippen MR) is 83.8 cm³/mol. The molecule has 0 atom stereocenters. The van der Waals surface area contributed by atoms with Crippen LogP contribution in [-0.4, -0.2) is 31.9 Å². The summed E-state index contributed by atoms with van der Waals surface area (Å²) in [5, 5.41) is 3.98. The molecule has 3 rings (SSSR count). The second-order valence-electron chi connectivity index (χ2n) is 5.53. The molecule has 1 N–H and O–H groups in total. The maximum absolute atomic E-state index is 12.6. The first-order valence-electron chi connectivity index (χ1n) is 7.24. The summed E-state index contributed by atoms with van der Waals surface area (Å²) in [6.07, 6.45) is 7.06. The fourth-order valence-electron chi connectivity index (χ4n) is 2.38. The van der Waals surface area contributed by atoms with Crippen LogP contribution in [0, 0.1) is 0 Å². The number of sulfonamides is 1. The molecule has 0 unspecified atom stereocenters. The minimum Gasteiger partial charge on any atom is -0.310 e. The molecule has 114 valence electrons. The SMILES string of the molecule is O=S(=O)(c1ccc(Cl)c(CNC2CC2)c1)N1CC=CCC1. The van der Waals surface area contributed by atoms with Gasteiger partial charge in [0.15, 0.2) is 0 Å². The minimum absolute atomic E-state index is 0.329. The maximum Gasteiger partial charge on any atom is 0.243 e. The van der Waals surface area contributed by atoms with Crippen molar-refractivity contribution in [3.8, 4) is 0 Å². The van der Waals surface area contributed by atoms with E-state index in [4.69, 9.17) is 11.6 Å². The Kier molecular flexibility index (Phi) is 4.36. The summed E-state index contributed by atoms with van der Waals surface area (Å²) in [5.74, 6) is 0. The number of hydrogen-bond donors (Lipinski definition) is 1. The number of rotatable bonds is 5. The molecule has 0 amide bonds. The van der Waals surface area contributed by atoms with Crippen LogP contribution < -0.4 is 5.32 Å². The normalized spacial score (nSPS) is 19.9. The lowest BCUT2D eigenvalue weighted by molar-refractivity contribution is 0.437. The van der Waals surface area contributed by atoms with E-state index in [9.17, 15) is 8.42 Å². The third kappa shape index (κ3) is 3.48. The average Bonchev–Trinajstić information content (AvgIpc) is 3.31. The third-order valence-electron chi connectivity index (χ3n) is 3.83. The van der Waals surface area contributed by atoms with Crippen LogP contribution in [0.15, 0.2) is 35.2 Å². The van der Waals surface area contributed by atoms with Crippen molar-refractivity contribution in [2.24, 2.45) is 0 Å². The van der Waals surface area contributed by atoms with Crippen molar-refractivity contribution in [2.75, 3.05) is 13.1 Å². The molecule has 1 fully saturated rings. The monoisotopic (exact) mass is 326 g/mol. The molecule has 1 aliphatic carbocycles. The van der Waals surface area contributed by atoms with Gasteiger partial charge in [0.2, 0.25) is 10.0 Å². The van der Waals surface area contributed by atoms with E-state index in [2.05, 4.69) is 5.32 Å². The van der Waals surface area contributed by atoms with E-state index in [1.54, 1.807) is 18.2 Å². The number of hydrogen-bond acceptors (Lipinski definition) is 3. The first-order chi connectivity index (χ1) is 10.1. The van der Waals surface area contributed by atoms with Crippen molar-refractivity contribution in [1.29, 1.82) is 0 Å². The lowest BCUT2D eigenvalue weighted by atomic mass is 10.2. The van der Waals surface area contributed by atoms with Gasteiger partial charge in [0.25, 0.3) is 0 Å². The van der Waals surface area contributed by atoms with Crippen LogP contribution >= 0.6 is 11.6 Å². The molecule has 0 saturated heterocycles. The van der Waals surface area contributed by atoms with Gasteiger partial charge in [0.1, 0.15) is 0 Å². The summed E-state index contributed by atoms with van der Waals surface area (Å²) >= 11 is 6.18. The maximum atomic E-state index is 12.6. The Balaban J connectivity index is 1.83. The summed E-state index contributed by atoms with van der Waals surface area (Å²) in [5.41, 5.74) is 0.845. The van der Waals surface area contributed by atoms with E-state index in [1.165, 1.54) is 17.1 Å². The zero-order valence-electron chi connectivity index (χ0n) is 11.8. The molecule has 4 nitrogen and oxygen atoms in total. The standard InChI is InChI=1S/C15H19ClN2O2S/c16-15-7-6-14(10-12(15)11-17-13-4-5-13)21(19,20)18-8-2-1-3-9-18/h1-2,6-7,10,13,17H,3-5,8-9,11H2. The Morgan fingerprint density at radius 2 is 2.10 bits per heavy atom. The van der Waals surface area contributed by atoms with Crippen molar-refractivity contribution in [3.63, 3.8) is 0 Å². The summed E-state index contributed by atoms with van der Waals surface area (Å²) in [7, 11) is -3.43. The topological polar surface area (TPSA) is 49.4 Å². The molecule has 1 heterocycles. The van der Waals surface area contributed by atoms with E-state index in [0.29, 0.717) is 35.6 Å². The van der Waals surface area contributed by atoms with Crippen LogP contribution in [-0.2, 0) is 16.6 Å². The summed E-state index contributed by atoms with van der Waals surface area (Å²) in [6, 6.07) is 5.54. The number of nitrogens with one attached hydrogen (secondary N) is 1. The van der Waals surface area contributed by atoms with Crippen molar-refractivity contribution in [2.45, 2.75) is 36.7 Å². The van der Waals surface area contributed by atoms with Crippen LogP contribution in [0.25, 0.3) is 0 Å². The van der Waals surface area contributed by atoms with Gasteiger partial charge in [-0.2, -0.15) is 4.31 Å². The third-order valence-corrected chi connectivity index (χ3v) is 6.06. The molecule has 0 aromatic heterocycles. The van der Waals surface area contributed by atoms with E-state index in [1.807, 2.05) is 12.2 Å². The second kappa shape index (κ2) is 6.08. The van der Waals surface area contributed by atoms with E-state index in [0.717, 1.165) is 12.0 Å². The summed E-state index contributed by atoms with van der Waals surface area (Å²) in [4.78, 5) is 0.329. The predicted octanol–water partition coefficient (Wildman–Crippen LogP) is 2.54. The summed E-state index contributed by atoms with van der Waals surface area (Å²) < 4.78 is 26.8. The highest BCUT2D eigenvalue weighted by Crippen LogP contribution is 2.25. The van der Waals surface area contributed by atoms with Crippen LogP contribution in [0.1, 0.15) is 24.8 Å². The molecule has 0 spiro atoms. The van der Waals surface area contributed by atoms with Gasteiger partial charge >= 0.3 is 0 Å². The molecule has 6 heteroatoms. The van der Waals surface area contributed by atoms with Gasteiger partial charge in [-0.25, -0.2) is 8.42 Å². The zero-order valence-corrected chi connectivity index (χ0v) is 13.3. The van der Waals surface area contributed by atoms with Crippen molar-refractivity contribution >= 4 is 21.6 Å². The number of benzene rings is 1. The minimum atomic E-state index is -3.43. The Labute approximate surface area is 130 Å². The fraction of sp³-hybridized carbons (Fsp3) is 0.467. The zero-order chi connectivity index (χ0) is 14.9. The first kappa shape index (κ1) is 15.0. The van der Waals surface area contributed by atoms with Crippen molar-refractivity contribution in [1.82, 2.24) is 9.62 Å². The van der Waals surface area contributed by atoms with Crippen LogP contribution in [0.2, 0.25) is 5.02 Å². The molecule has 1 aliphatic heterocycles. The molecule has 2 aliphatic rings. The molecule has 0 radical (unpaired) electrons. The van der Waals surface area contributed by atoms with Crippen LogP contribution in [0.3, 0.4) is 0 Å². The highest BCUT2D eigenvalue weighted by atomic mass is 35.5. The largest absolute Gasteiger partial charge is 0.310 e. The van der Waals surface area contributed by atoms with Crippen LogP contribution in [0.5, 0.6) is 0 Å². The van der Waals surface area contributed by atoms with Crippen molar-refractivity contribution in [3.05, 3.63) is 40.9 Å². The second-order valence-corrected chi connectivity index (χ2v) is 7.88. The molecule has 1 aromatic rings. The molecule has 1 aromatic carbocycles. The number of halogens is 1. The molecule has 0 bridgehead atoms. The lowest BCUT2D eigenvalue weighted by Crippen LogP contribution is -2.33. The number of nitrogens with zero attached hydrogens (tertiary/aromatic N) is 1. The molecular formula is C15H19ClN2O2S. The van der Waals surface area contributed by atoms with Gasteiger partial charge in [-0.1, -0.05) is 23.8 Å². The van der Waals surface area contributed by atoms with Gasteiger partial charge < -0.3 is 5.32 Å². The quantitative estimate of drug-likeness (QED) is 0.846. The summed E-state index contributed by atoms with van der Waals surface area (Å²) in [6.45, 7) is 1.60. The lowest BCUT2D eigenvalue weighted by Gasteiger charge is -2.23. The van der Waals surface area contributed by atoms with Gasteiger partial charge in [0.05, 0.1) is 4.90 Å². The Bertz CT molecular complexity index is 654. The van der Waals surface area contributed by atoms with Crippen LogP contribution in [0.4, 0.5) is 0 Å². The Hall–Kier alpha value is -0.880. The van der Waals surface area contributed by atoms with E-state index >= 15 is 0 Å². The first-order valence-corrected chi connectivity index (χ1v) is 9.06. The highest BCUT2D eigenvalue weighted by Gasteiger charge is 2.25. The smallest absolute Gasteiger partial charge is 0.243 e. The van der Waals surface area contributed by atoms with Crippen molar-refractivity contribution < 1.29 is 8.42 Å². The molecule has 21 heavy (non-hydrogen) atoms. The Morgan fingerprint density at radius 1 is 1.29 bits per heavy atom. The van der Waals surface area contributed by atoms with E-state index < -0.39 is 10.0 Å². The highest BCUT2D eigenvalue weighted by molar-refractivity contribution is 7.89. The van der Waals surface area contributed by atoms with Gasteiger partial charge in [-0.05, 0) is 43.0 Å². The Morgan fingerprint density at radius 3 is 2.76 bits per heavy atom. The van der Waals surface area contributed by atoms with Gasteiger partial charge in [-0.3, -0.25) is 0 Å². The molecular weight excluding hydrogens is 308 g/mol. The van der Waals surface area contributed by atoms with Gasteiger partial charge in [-0.15, -0.1) is 0 Å². The van der Waals surface area contributed by atoms with E-state index in [-0.39, 0.29) is 0 Å². The average molecular weight is 327 g/mol. The molecule has 1 saturated carbocycles. The van der Waals surface area contributed by atoms with Gasteiger partial charge in [0, 0.05) is 30.7 Å².